The molecule has 1 aliphatic rings. The van der Waals surface area contributed by atoms with Gasteiger partial charge < -0.3 is 9.84 Å². The fourth-order valence-corrected chi connectivity index (χ4v) is 2.21. The van der Waals surface area contributed by atoms with Gasteiger partial charge in [-0.15, -0.1) is 0 Å². The van der Waals surface area contributed by atoms with Gasteiger partial charge in [-0.3, -0.25) is 0 Å². The number of aliphatic hydroxyl groups excluding tert-OH is 1. The van der Waals surface area contributed by atoms with Crippen LogP contribution in [0.5, 0.6) is 5.75 Å². The molecule has 1 N–H and O–H groups in total. The summed E-state index contributed by atoms with van der Waals surface area (Å²) in [6.07, 6.45) is 0.761. The highest BCUT2D eigenvalue weighted by Crippen LogP contribution is 2.48. The predicted octanol–water partition coefficient (Wildman–Crippen LogP) is 3.08. The van der Waals surface area contributed by atoms with Crippen molar-refractivity contribution in [2.45, 2.75) is 33.3 Å². The molecule has 2 nitrogen and oxygen atoms in total. The van der Waals surface area contributed by atoms with Crippen LogP contribution in [0.4, 0.5) is 0 Å². The van der Waals surface area contributed by atoms with Gasteiger partial charge in [0.15, 0.2) is 0 Å². The molecule has 3 unspecified atom stereocenters. The van der Waals surface area contributed by atoms with Crippen molar-refractivity contribution in [3.05, 3.63) is 29.3 Å². The molecule has 1 aromatic rings. The van der Waals surface area contributed by atoms with Crippen LogP contribution in [0.2, 0.25) is 0 Å². The maximum atomic E-state index is 10.3. The van der Waals surface area contributed by atoms with Crippen molar-refractivity contribution in [2.24, 2.45) is 11.8 Å². The highest BCUT2D eigenvalue weighted by atomic mass is 16.5. The summed E-state index contributed by atoms with van der Waals surface area (Å²) in [4.78, 5) is 0. The molecule has 0 radical (unpaired) electrons. The first-order chi connectivity index (χ1) is 7.63. The lowest BCUT2D eigenvalue weighted by molar-refractivity contribution is 0.143. The van der Waals surface area contributed by atoms with Crippen molar-refractivity contribution in [1.82, 2.24) is 0 Å². The van der Waals surface area contributed by atoms with Gasteiger partial charge in [0.25, 0.3) is 0 Å². The van der Waals surface area contributed by atoms with Gasteiger partial charge in [-0.05, 0) is 44.2 Å². The molecule has 16 heavy (non-hydrogen) atoms. The summed E-state index contributed by atoms with van der Waals surface area (Å²) in [6, 6.07) is 6.03. The number of hydrogen-bond donors (Lipinski definition) is 1. The third-order valence-corrected chi connectivity index (χ3v) is 3.36. The van der Waals surface area contributed by atoms with E-state index in [0.717, 1.165) is 17.7 Å². The van der Waals surface area contributed by atoms with E-state index in [9.17, 15) is 5.11 Å². The first-order valence-corrected chi connectivity index (χ1v) is 6.05. The summed E-state index contributed by atoms with van der Waals surface area (Å²) in [5, 5.41) is 10.3. The molecule has 0 bridgehead atoms. The summed E-state index contributed by atoms with van der Waals surface area (Å²) in [6.45, 7) is 6.84. The minimum absolute atomic E-state index is 0.364. The molecule has 1 fully saturated rings. The van der Waals surface area contributed by atoms with Gasteiger partial charge in [0, 0.05) is 5.56 Å². The van der Waals surface area contributed by atoms with Crippen molar-refractivity contribution in [1.29, 1.82) is 0 Å². The number of aryl methyl sites for hydroxylation is 1. The van der Waals surface area contributed by atoms with E-state index in [1.165, 1.54) is 5.56 Å². The lowest BCUT2D eigenvalue weighted by Crippen LogP contribution is -2.05. The molecule has 0 aliphatic heterocycles. The second kappa shape index (κ2) is 4.46. The van der Waals surface area contributed by atoms with Gasteiger partial charge in [-0.25, -0.2) is 0 Å². The largest absolute Gasteiger partial charge is 0.493 e. The zero-order valence-corrected chi connectivity index (χ0v) is 10.2. The van der Waals surface area contributed by atoms with E-state index in [1.54, 1.807) is 0 Å². The predicted molar refractivity (Wildman–Crippen MR) is 64.6 cm³/mol. The van der Waals surface area contributed by atoms with Crippen LogP contribution in [0, 0.1) is 18.8 Å². The molecule has 1 aliphatic carbocycles. The van der Waals surface area contributed by atoms with Gasteiger partial charge >= 0.3 is 0 Å². The second-order valence-corrected chi connectivity index (χ2v) is 4.80. The molecule has 0 saturated heterocycles. The van der Waals surface area contributed by atoms with Crippen LogP contribution in [-0.2, 0) is 0 Å². The van der Waals surface area contributed by atoms with Gasteiger partial charge in [0.05, 0.1) is 12.7 Å². The number of benzene rings is 1. The van der Waals surface area contributed by atoms with Crippen LogP contribution in [0.3, 0.4) is 0 Å². The summed E-state index contributed by atoms with van der Waals surface area (Å²) in [5.41, 5.74) is 2.13. The lowest BCUT2D eigenvalue weighted by atomic mass is 10.0. The lowest BCUT2D eigenvalue weighted by Gasteiger charge is -2.16. The maximum Gasteiger partial charge on any atom is 0.125 e. The van der Waals surface area contributed by atoms with Crippen LogP contribution in [-0.4, -0.2) is 11.7 Å². The monoisotopic (exact) mass is 220 g/mol. The van der Waals surface area contributed by atoms with Crippen molar-refractivity contribution in [3.63, 3.8) is 0 Å². The molecule has 1 saturated carbocycles. The Labute approximate surface area is 97.3 Å². The van der Waals surface area contributed by atoms with Crippen molar-refractivity contribution < 1.29 is 9.84 Å². The topological polar surface area (TPSA) is 29.5 Å². The Morgan fingerprint density at radius 2 is 2.19 bits per heavy atom. The minimum atomic E-state index is -0.364. The summed E-state index contributed by atoms with van der Waals surface area (Å²) < 4.78 is 5.57. The first kappa shape index (κ1) is 11.5. The molecular formula is C14H20O2. The highest BCUT2D eigenvalue weighted by Gasteiger charge is 2.40. The average Bonchev–Trinajstić information content (AvgIpc) is 2.97. The molecule has 2 heteroatoms. The van der Waals surface area contributed by atoms with Gasteiger partial charge in [0.2, 0.25) is 0 Å². The quantitative estimate of drug-likeness (QED) is 0.845. The van der Waals surface area contributed by atoms with Crippen molar-refractivity contribution in [3.8, 4) is 5.75 Å². The Kier molecular flexibility index (Phi) is 3.20. The zero-order valence-electron chi connectivity index (χ0n) is 10.2. The normalized spacial score (nSPS) is 25.2. The Morgan fingerprint density at radius 1 is 1.50 bits per heavy atom. The third kappa shape index (κ3) is 2.22. The fraction of sp³-hybridized carbons (Fsp3) is 0.571. The number of hydrogen-bond acceptors (Lipinski definition) is 2. The highest BCUT2D eigenvalue weighted by molar-refractivity contribution is 5.39. The maximum absolute atomic E-state index is 10.3. The van der Waals surface area contributed by atoms with Crippen molar-refractivity contribution >= 4 is 0 Å². The van der Waals surface area contributed by atoms with Crippen LogP contribution in [0.25, 0.3) is 0 Å². The van der Waals surface area contributed by atoms with E-state index < -0.39 is 0 Å². The Bertz CT molecular complexity index is 373. The minimum Gasteiger partial charge on any atom is -0.493 e. The van der Waals surface area contributed by atoms with Crippen molar-refractivity contribution in [2.75, 3.05) is 6.61 Å². The standard InChI is InChI=1S/C14H20O2/c1-4-16-13-6-5-9(2)7-12(13)14(15)11-8-10(11)3/h5-7,10-11,14-15H,4,8H2,1-3H3. The van der Waals surface area contributed by atoms with Crippen LogP contribution >= 0.6 is 0 Å². The van der Waals surface area contributed by atoms with E-state index in [0.29, 0.717) is 18.4 Å². The molecule has 0 amide bonds. The molecular weight excluding hydrogens is 200 g/mol. The summed E-state index contributed by atoms with van der Waals surface area (Å²) in [5.74, 6) is 1.89. The Morgan fingerprint density at radius 3 is 2.75 bits per heavy atom. The Hall–Kier alpha value is -1.02. The SMILES string of the molecule is CCOc1ccc(C)cc1C(O)C1CC1C. The van der Waals surface area contributed by atoms with Crippen LogP contribution in [0.15, 0.2) is 18.2 Å². The smallest absolute Gasteiger partial charge is 0.125 e. The number of aliphatic hydroxyl groups is 1. The summed E-state index contributed by atoms with van der Waals surface area (Å²) in [7, 11) is 0. The first-order valence-electron chi connectivity index (χ1n) is 6.05. The number of rotatable bonds is 4. The van der Waals surface area contributed by atoms with Gasteiger partial charge in [-0.1, -0.05) is 18.6 Å². The van der Waals surface area contributed by atoms with E-state index in [1.807, 2.05) is 32.0 Å². The fourth-order valence-electron chi connectivity index (χ4n) is 2.21. The van der Waals surface area contributed by atoms with Crippen LogP contribution < -0.4 is 4.74 Å². The van der Waals surface area contributed by atoms with Gasteiger partial charge in [0.1, 0.15) is 5.75 Å². The molecule has 0 spiro atoms. The Balaban J connectivity index is 2.25. The second-order valence-electron chi connectivity index (χ2n) is 4.80. The van der Waals surface area contributed by atoms with Gasteiger partial charge in [-0.2, -0.15) is 0 Å². The molecule has 2 rings (SSSR count). The molecule has 0 aromatic heterocycles. The average molecular weight is 220 g/mol. The van der Waals surface area contributed by atoms with Crippen LogP contribution in [0.1, 0.15) is 37.5 Å². The van der Waals surface area contributed by atoms with E-state index in [4.69, 9.17) is 4.74 Å². The van der Waals surface area contributed by atoms with E-state index in [-0.39, 0.29) is 6.10 Å². The van der Waals surface area contributed by atoms with E-state index >= 15 is 0 Å². The molecule has 1 aromatic carbocycles. The number of ether oxygens (including phenoxy) is 1. The summed E-state index contributed by atoms with van der Waals surface area (Å²) >= 11 is 0. The third-order valence-electron chi connectivity index (χ3n) is 3.36. The van der Waals surface area contributed by atoms with E-state index in [2.05, 4.69) is 6.92 Å². The molecule has 88 valence electrons. The molecule has 0 heterocycles. The zero-order chi connectivity index (χ0) is 11.7. The molecule has 3 atom stereocenters.